The topological polar surface area (TPSA) is 88.3 Å². The van der Waals surface area contributed by atoms with Crippen LogP contribution >= 0.6 is 22.7 Å². The van der Waals surface area contributed by atoms with Crippen molar-refractivity contribution in [3.05, 3.63) is 32.1 Å². The summed E-state index contributed by atoms with van der Waals surface area (Å²) in [5, 5.41) is 6.60. The highest BCUT2D eigenvalue weighted by Gasteiger charge is 2.26. The summed E-state index contributed by atoms with van der Waals surface area (Å²) in [5.74, 6) is -0.603. The third-order valence-electron chi connectivity index (χ3n) is 4.17. The molecule has 0 radical (unpaired) electrons. The lowest BCUT2D eigenvalue weighted by molar-refractivity contribution is -0.117. The quantitative estimate of drug-likeness (QED) is 0.774. The van der Waals surface area contributed by atoms with Gasteiger partial charge in [0.1, 0.15) is 5.00 Å². The molecule has 0 unspecified atom stereocenters. The van der Waals surface area contributed by atoms with Crippen molar-refractivity contribution in [2.75, 3.05) is 18.9 Å². The Hall–Kier alpha value is -1.77. The Morgan fingerprint density at radius 2 is 2.20 bits per heavy atom. The average molecular weight is 379 g/mol. The van der Waals surface area contributed by atoms with E-state index < -0.39 is 5.91 Å². The van der Waals surface area contributed by atoms with Crippen molar-refractivity contribution >= 4 is 39.5 Å². The highest BCUT2D eigenvalue weighted by atomic mass is 32.1. The maximum absolute atomic E-state index is 12.4. The van der Waals surface area contributed by atoms with E-state index in [1.807, 2.05) is 17.3 Å². The lowest BCUT2D eigenvalue weighted by Gasteiger charge is -2.15. The van der Waals surface area contributed by atoms with E-state index in [1.165, 1.54) is 16.2 Å². The van der Waals surface area contributed by atoms with Gasteiger partial charge < -0.3 is 11.1 Å². The van der Waals surface area contributed by atoms with E-state index in [-0.39, 0.29) is 12.5 Å². The maximum Gasteiger partial charge on any atom is 0.251 e. The van der Waals surface area contributed by atoms with E-state index >= 15 is 0 Å². The van der Waals surface area contributed by atoms with Crippen LogP contribution in [0, 0.1) is 0 Å². The fourth-order valence-corrected chi connectivity index (χ4v) is 5.13. The molecular formula is C17H22N4O2S2. The highest BCUT2D eigenvalue weighted by molar-refractivity contribution is 7.17. The van der Waals surface area contributed by atoms with Crippen LogP contribution in [0.3, 0.4) is 0 Å². The molecule has 0 fully saturated rings. The van der Waals surface area contributed by atoms with Gasteiger partial charge in [-0.05, 0) is 38.3 Å². The number of nitrogens with zero attached hydrogens (tertiary/aromatic N) is 2. The minimum atomic E-state index is -0.461. The molecule has 0 bridgehead atoms. The van der Waals surface area contributed by atoms with Gasteiger partial charge in [-0.2, -0.15) is 0 Å². The van der Waals surface area contributed by atoms with Crippen molar-refractivity contribution in [1.29, 1.82) is 0 Å². The zero-order valence-electron chi connectivity index (χ0n) is 14.4. The number of rotatable bonds is 7. The van der Waals surface area contributed by atoms with Crippen molar-refractivity contribution in [2.45, 2.75) is 39.2 Å². The second kappa shape index (κ2) is 7.63. The first-order valence-electron chi connectivity index (χ1n) is 8.34. The van der Waals surface area contributed by atoms with E-state index in [0.29, 0.717) is 17.1 Å². The lowest BCUT2D eigenvalue weighted by atomic mass is 10.1. The van der Waals surface area contributed by atoms with Gasteiger partial charge in [0, 0.05) is 16.8 Å². The molecule has 1 aliphatic rings. The molecule has 25 heavy (non-hydrogen) atoms. The minimum absolute atomic E-state index is 0.143. The summed E-state index contributed by atoms with van der Waals surface area (Å²) in [6, 6.07) is 0. The molecular weight excluding hydrogens is 356 g/mol. The molecule has 0 saturated carbocycles. The number of nitrogens with one attached hydrogen (secondary N) is 1. The van der Waals surface area contributed by atoms with Crippen molar-refractivity contribution in [3.63, 3.8) is 0 Å². The molecule has 0 spiro atoms. The molecule has 0 aliphatic heterocycles. The van der Waals surface area contributed by atoms with Crippen molar-refractivity contribution < 1.29 is 9.59 Å². The van der Waals surface area contributed by atoms with E-state index in [4.69, 9.17) is 5.73 Å². The van der Waals surface area contributed by atoms with Gasteiger partial charge in [0.05, 0.1) is 22.8 Å². The third-order valence-corrected chi connectivity index (χ3v) is 6.42. The first-order chi connectivity index (χ1) is 12.0. The van der Waals surface area contributed by atoms with Gasteiger partial charge in [0.15, 0.2) is 0 Å². The van der Waals surface area contributed by atoms with Gasteiger partial charge in [0.2, 0.25) is 5.91 Å². The summed E-state index contributed by atoms with van der Waals surface area (Å²) in [7, 11) is 1.88. The molecule has 8 heteroatoms. The molecule has 2 amide bonds. The van der Waals surface area contributed by atoms with E-state index in [2.05, 4.69) is 17.2 Å². The summed E-state index contributed by atoms with van der Waals surface area (Å²) in [5.41, 5.74) is 8.03. The molecule has 2 aromatic rings. The fraction of sp³-hybridized carbons (Fsp3) is 0.471. The molecule has 0 atom stereocenters. The third kappa shape index (κ3) is 4.08. The Bertz CT molecular complexity index is 797. The van der Waals surface area contributed by atoms with Crippen LogP contribution in [0.15, 0.2) is 5.38 Å². The first-order valence-corrected chi connectivity index (χ1v) is 10.0. The average Bonchev–Trinajstić information content (AvgIpc) is 3.21. The minimum Gasteiger partial charge on any atom is -0.365 e. The van der Waals surface area contributed by atoms with Crippen LogP contribution in [0.25, 0.3) is 0 Å². The Kier molecular flexibility index (Phi) is 5.51. The summed E-state index contributed by atoms with van der Waals surface area (Å²) in [6.45, 7) is 2.93. The molecule has 2 heterocycles. The van der Waals surface area contributed by atoms with Crippen LogP contribution in [0.5, 0.6) is 0 Å². The molecule has 0 saturated heterocycles. The largest absolute Gasteiger partial charge is 0.365 e. The molecule has 6 nitrogen and oxygen atoms in total. The summed E-state index contributed by atoms with van der Waals surface area (Å²) >= 11 is 3.12. The summed E-state index contributed by atoms with van der Waals surface area (Å²) < 4.78 is 0. The number of thiazole rings is 1. The lowest BCUT2D eigenvalue weighted by Crippen LogP contribution is -2.30. The van der Waals surface area contributed by atoms with Crippen LogP contribution in [-0.2, 0) is 30.6 Å². The van der Waals surface area contributed by atoms with Crippen molar-refractivity contribution in [2.24, 2.45) is 5.73 Å². The zero-order chi connectivity index (χ0) is 18.0. The van der Waals surface area contributed by atoms with Gasteiger partial charge in [-0.1, -0.05) is 6.92 Å². The number of anilines is 1. The number of carbonyl (C=O) groups excluding carboxylic acids is 2. The Morgan fingerprint density at radius 1 is 1.40 bits per heavy atom. The Labute approximate surface area is 155 Å². The maximum atomic E-state index is 12.4. The van der Waals surface area contributed by atoms with Gasteiger partial charge in [-0.15, -0.1) is 22.7 Å². The van der Waals surface area contributed by atoms with Crippen LogP contribution < -0.4 is 11.1 Å². The number of primary amides is 1. The summed E-state index contributed by atoms with van der Waals surface area (Å²) in [6.07, 6.45) is 3.79. The molecule has 2 aromatic heterocycles. The Morgan fingerprint density at radius 3 is 2.88 bits per heavy atom. The van der Waals surface area contributed by atoms with Crippen molar-refractivity contribution in [3.8, 4) is 0 Å². The predicted octanol–water partition coefficient (Wildman–Crippen LogP) is 2.43. The van der Waals surface area contributed by atoms with E-state index in [9.17, 15) is 9.59 Å². The number of hydrogen-bond donors (Lipinski definition) is 2. The molecule has 1 aliphatic carbocycles. The molecule has 3 N–H and O–H groups in total. The van der Waals surface area contributed by atoms with E-state index in [0.717, 1.165) is 41.9 Å². The number of thiophene rings is 1. The number of aromatic nitrogens is 1. The van der Waals surface area contributed by atoms with Gasteiger partial charge >= 0.3 is 0 Å². The second-order valence-corrected chi connectivity index (χ2v) is 8.28. The van der Waals surface area contributed by atoms with E-state index in [1.54, 1.807) is 11.3 Å². The zero-order valence-corrected chi connectivity index (χ0v) is 16.1. The van der Waals surface area contributed by atoms with Crippen LogP contribution in [0.4, 0.5) is 5.00 Å². The smallest absolute Gasteiger partial charge is 0.251 e. The summed E-state index contributed by atoms with van der Waals surface area (Å²) in [4.78, 5) is 31.7. The van der Waals surface area contributed by atoms with Crippen LogP contribution in [0.1, 0.15) is 44.8 Å². The monoisotopic (exact) mass is 378 g/mol. The molecule has 0 aromatic carbocycles. The molecule has 134 valence electrons. The number of fused-ring (bicyclic) bond motifs is 1. The standard InChI is InChI=1S/C17H22N4O2S2/c1-3-14-19-10(9-24-14)7-21(2)8-13(22)20-17-15(16(18)23)11-5-4-6-12(11)25-17/h9H,3-8H2,1-2H3,(H2,18,23)(H,20,22). The van der Waals surface area contributed by atoms with Gasteiger partial charge in [-0.3, -0.25) is 14.5 Å². The Balaban J connectivity index is 1.62. The predicted molar refractivity (Wildman–Crippen MR) is 101 cm³/mol. The SMILES string of the molecule is CCc1nc(CN(C)CC(=O)Nc2sc3c(c2C(N)=O)CCC3)cs1. The van der Waals surface area contributed by atoms with Crippen LogP contribution in [0.2, 0.25) is 0 Å². The highest BCUT2D eigenvalue weighted by Crippen LogP contribution is 2.38. The fourth-order valence-electron chi connectivity index (χ4n) is 3.08. The normalized spacial score (nSPS) is 13.2. The number of carbonyl (C=O) groups is 2. The molecule has 3 rings (SSSR count). The van der Waals surface area contributed by atoms with Crippen molar-refractivity contribution in [1.82, 2.24) is 9.88 Å². The number of nitrogens with two attached hydrogens (primary N) is 1. The number of hydrogen-bond acceptors (Lipinski definition) is 6. The number of likely N-dealkylation sites (N-methyl/N-ethyl adjacent to an activating group) is 1. The van der Waals surface area contributed by atoms with Gasteiger partial charge in [-0.25, -0.2) is 4.98 Å². The first kappa shape index (κ1) is 18.0. The second-order valence-electron chi connectivity index (χ2n) is 6.23. The number of aryl methyl sites for hydroxylation is 2. The van der Waals surface area contributed by atoms with Crippen LogP contribution in [-0.4, -0.2) is 35.3 Å². The number of amides is 2. The van der Waals surface area contributed by atoms with Gasteiger partial charge in [0.25, 0.3) is 5.91 Å².